The first kappa shape index (κ1) is 16.9. The molecule has 0 atom stereocenters. The second-order valence-corrected chi connectivity index (χ2v) is 4.73. The van der Waals surface area contributed by atoms with Gasteiger partial charge in [-0.05, 0) is 24.3 Å². The lowest BCUT2D eigenvalue weighted by atomic mass is 10.2. The molecule has 124 valence electrons. The molecule has 24 heavy (non-hydrogen) atoms. The monoisotopic (exact) mass is 332 g/mol. The zero-order valence-corrected chi connectivity index (χ0v) is 12.3. The zero-order valence-electron chi connectivity index (χ0n) is 12.3. The molecule has 0 unspecified atom stereocenters. The number of anilines is 2. The molecule has 4 N–H and O–H groups in total. The molecule has 2 amide bonds. The summed E-state index contributed by atoms with van der Waals surface area (Å²) in [5, 5.41) is 15.9. The number of amides is 2. The van der Waals surface area contributed by atoms with E-state index in [1.54, 1.807) is 6.07 Å². The molecule has 0 fully saturated rings. The summed E-state index contributed by atoms with van der Waals surface area (Å²) in [5.74, 6) is -2.31. The molecular formula is C15H13FN4O4. The van der Waals surface area contributed by atoms with E-state index in [1.165, 1.54) is 24.3 Å². The summed E-state index contributed by atoms with van der Waals surface area (Å²) < 4.78 is 13.6. The van der Waals surface area contributed by atoms with E-state index >= 15 is 0 Å². The van der Waals surface area contributed by atoms with E-state index in [2.05, 4.69) is 10.6 Å². The maximum atomic E-state index is 13.6. The van der Waals surface area contributed by atoms with Crippen LogP contribution >= 0.6 is 0 Å². The molecular weight excluding hydrogens is 319 g/mol. The summed E-state index contributed by atoms with van der Waals surface area (Å²) in [5.41, 5.74) is 4.85. The molecule has 0 aliphatic carbocycles. The number of hydrogen-bond donors (Lipinski definition) is 3. The molecule has 0 saturated heterocycles. The quantitative estimate of drug-likeness (QED) is 0.550. The summed E-state index contributed by atoms with van der Waals surface area (Å²) in [6.45, 7) is -0.260. The minimum atomic E-state index is -0.913. The second-order valence-electron chi connectivity index (χ2n) is 4.73. The van der Waals surface area contributed by atoms with Crippen LogP contribution in [0.25, 0.3) is 0 Å². The molecule has 0 spiro atoms. The van der Waals surface area contributed by atoms with Gasteiger partial charge in [0.05, 0.1) is 17.0 Å². The van der Waals surface area contributed by atoms with Crippen LogP contribution in [0.1, 0.15) is 10.4 Å². The SMILES string of the molecule is NC(=O)c1ccc(NC(=O)CNc2ccccc2[N+](=O)[O-])cc1F. The standard InChI is InChI=1S/C15H13FN4O4/c16-11-7-9(5-6-10(11)15(17)22)19-14(21)8-18-12-3-1-2-4-13(12)20(23)24/h1-7,18H,8H2,(H2,17,22)(H,19,21). The lowest BCUT2D eigenvalue weighted by Crippen LogP contribution is -2.22. The Morgan fingerprint density at radius 2 is 1.92 bits per heavy atom. The molecule has 2 rings (SSSR count). The number of primary amides is 1. The molecule has 0 heterocycles. The van der Waals surface area contributed by atoms with Crippen LogP contribution < -0.4 is 16.4 Å². The van der Waals surface area contributed by atoms with Gasteiger partial charge in [-0.15, -0.1) is 0 Å². The van der Waals surface area contributed by atoms with Crippen molar-refractivity contribution in [3.8, 4) is 0 Å². The highest BCUT2D eigenvalue weighted by Crippen LogP contribution is 2.22. The number of carbonyl (C=O) groups excluding carboxylic acids is 2. The fourth-order valence-corrected chi connectivity index (χ4v) is 1.96. The Morgan fingerprint density at radius 3 is 2.54 bits per heavy atom. The van der Waals surface area contributed by atoms with Crippen LogP contribution in [0.3, 0.4) is 0 Å². The first-order chi connectivity index (χ1) is 11.4. The lowest BCUT2D eigenvalue weighted by Gasteiger charge is -2.09. The van der Waals surface area contributed by atoms with Crippen molar-refractivity contribution in [2.75, 3.05) is 17.2 Å². The van der Waals surface area contributed by atoms with Crippen LogP contribution in [0, 0.1) is 15.9 Å². The lowest BCUT2D eigenvalue weighted by molar-refractivity contribution is -0.383. The van der Waals surface area contributed by atoms with Crippen LogP contribution in [0.15, 0.2) is 42.5 Å². The Labute approximate surface area is 135 Å². The summed E-state index contributed by atoms with van der Waals surface area (Å²) in [6, 6.07) is 9.31. The van der Waals surface area contributed by atoms with Crippen molar-refractivity contribution >= 4 is 28.9 Å². The number of nitro groups is 1. The maximum Gasteiger partial charge on any atom is 0.292 e. The van der Waals surface area contributed by atoms with E-state index in [4.69, 9.17) is 5.73 Å². The molecule has 9 heteroatoms. The van der Waals surface area contributed by atoms with Crippen LogP contribution in [0.2, 0.25) is 0 Å². The first-order valence-electron chi connectivity index (χ1n) is 6.75. The van der Waals surface area contributed by atoms with Crippen LogP contribution in [0.4, 0.5) is 21.5 Å². The van der Waals surface area contributed by atoms with Gasteiger partial charge < -0.3 is 16.4 Å². The van der Waals surface area contributed by atoms with Crippen molar-refractivity contribution in [1.82, 2.24) is 0 Å². The number of nitrogens with two attached hydrogens (primary N) is 1. The third-order valence-corrected chi connectivity index (χ3v) is 3.06. The second kappa shape index (κ2) is 7.18. The third-order valence-electron chi connectivity index (χ3n) is 3.06. The normalized spacial score (nSPS) is 10.0. The van der Waals surface area contributed by atoms with Gasteiger partial charge in [0.15, 0.2) is 0 Å². The van der Waals surface area contributed by atoms with Crippen molar-refractivity contribution in [2.24, 2.45) is 5.73 Å². The van der Waals surface area contributed by atoms with Crippen LogP contribution in [-0.4, -0.2) is 23.3 Å². The molecule has 0 bridgehead atoms. The topological polar surface area (TPSA) is 127 Å². The predicted octanol–water partition coefficient (Wildman–Crippen LogP) is 1.88. The minimum absolute atomic E-state index is 0.131. The van der Waals surface area contributed by atoms with E-state index in [0.29, 0.717) is 0 Å². The number of halogens is 1. The number of carbonyl (C=O) groups is 2. The molecule has 0 aromatic heterocycles. The third kappa shape index (κ3) is 4.03. The van der Waals surface area contributed by atoms with Gasteiger partial charge in [0, 0.05) is 11.8 Å². The fourth-order valence-electron chi connectivity index (χ4n) is 1.96. The summed E-state index contributed by atoms with van der Waals surface area (Å²) >= 11 is 0. The Balaban J connectivity index is 2.01. The number of hydrogen-bond acceptors (Lipinski definition) is 5. The first-order valence-corrected chi connectivity index (χ1v) is 6.75. The van der Waals surface area contributed by atoms with Gasteiger partial charge in [-0.25, -0.2) is 4.39 Å². The number of nitrogens with one attached hydrogen (secondary N) is 2. The molecule has 0 saturated carbocycles. The van der Waals surface area contributed by atoms with E-state index < -0.39 is 22.6 Å². The van der Waals surface area contributed by atoms with E-state index in [9.17, 15) is 24.1 Å². The van der Waals surface area contributed by atoms with Crippen molar-refractivity contribution in [1.29, 1.82) is 0 Å². The van der Waals surface area contributed by atoms with Gasteiger partial charge in [0.2, 0.25) is 5.91 Å². The van der Waals surface area contributed by atoms with E-state index in [1.807, 2.05) is 0 Å². The number of nitrogens with zero attached hydrogens (tertiary/aromatic N) is 1. The summed E-state index contributed by atoms with van der Waals surface area (Å²) in [4.78, 5) is 33.1. The number of benzene rings is 2. The van der Waals surface area contributed by atoms with Gasteiger partial charge in [0.1, 0.15) is 11.5 Å². The average Bonchev–Trinajstić information content (AvgIpc) is 2.52. The number of para-hydroxylation sites is 2. The Hall–Kier alpha value is -3.49. The van der Waals surface area contributed by atoms with Crippen molar-refractivity contribution < 1.29 is 18.9 Å². The van der Waals surface area contributed by atoms with Crippen LogP contribution in [-0.2, 0) is 4.79 Å². The Kier molecular flexibility index (Phi) is 5.05. The maximum absolute atomic E-state index is 13.6. The van der Waals surface area contributed by atoms with Crippen molar-refractivity contribution in [2.45, 2.75) is 0 Å². The largest absolute Gasteiger partial charge is 0.371 e. The summed E-state index contributed by atoms with van der Waals surface area (Å²) in [7, 11) is 0. The molecule has 0 aliphatic heterocycles. The average molecular weight is 332 g/mol. The number of rotatable bonds is 6. The smallest absolute Gasteiger partial charge is 0.292 e. The highest BCUT2D eigenvalue weighted by Gasteiger charge is 2.14. The number of nitro benzene ring substituents is 1. The molecule has 8 nitrogen and oxygen atoms in total. The summed E-state index contributed by atoms with van der Waals surface area (Å²) in [6.07, 6.45) is 0. The Bertz CT molecular complexity index is 810. The highest BCUT2D eigenvalue weighted by molar-refractivity contribution is 5.96. The predicted molar refractivity (Wildman–Crippen MR) is 85.1 cm³/mol. The Morgan fingerprint density at radius 1 is 1.21 bits per heavy atom. The van der Waals surface area contributed by atoms with Crippen molar-refractivity contribution in [3.63, 3.8) is 0 Å². The fraction of sp³-hybridized carbons (Fsp3) is 0.0667. The van der Waals surface area contributed by atoms with Crippen molar-refractivity contribution in [3.05, 3.63) is 64.0 Å². The van der Waals surface area contributed by atoms with Gasteiger partial charge in [0.25, 0.3) is 11.6 Å². The molecule has 2 aromatic carbocycles. The van der Waals surface area contributed by atoms with Gasteiger partial charge in [-0.2, -0.15) is 0 Å². The highest BCUT2D eigenvalue weighted by atomic mass is 19.1. The molecule has 0 radical (unpaired) electrons. The zero-order chi connectivity index (χ0) is 17.7. The van der Waals surface area contributed by atoms with E-state index in [0.717, 1.165) is 12.1 Å². The minimum Gasteiger partial charge on any atom is -0.371 e. The van der Waals surface area contributed by atoms with E-state index in [-0.39, 0.29) is 29.2 Å². The van der Waals surface area contributed by atoms with Gasteiger partial charge in [-0.3, -0.25) is 19.7 Å². The van der Waals surface area contributed by atoms with Crippen LogP contribution in [0.5, 0.6) is 0 Å². The van der Waals surface area contributed by atoms with Gasteiger partial charge in [-0.1, -0.05) is 12.1 Å². The molecule has 0 aliphatic rings. The molecule has 2 aromatic rings. The van der Waals surface area contributed by atoms with Gasteiger partial charge >= 0.3 is 0 Å².